The standard InChI is InChI=1S/C16H17F3N2O4/c1-24-15(23)13(22)8-11-4-2-3-5-14(11)25-9-12-6-7-20-21(12)10-16(17,18)19/h2-7,13,22H,8-10H2,1H3/t13-/m1/s1/i8D/t8-,13-. The molecule has 0 spiro atoms. The van der Waals surface area contributed by atoms with Crippen molar-refractivity contribution in [2.75, 3.05) is 7.11 Å². The third-order valence-corrected chi connectivity index (χ3v) is 3.21. The summed E-state index contributed by atoms with van der Waals surface area (Å²) in [5, 5.41) is 13.4. The smallest absolute Gasteiger partial charge is 0.408 e. The second-order valence-electron chi connectivity index (χ2n) is 5.06. The lowest BCUT2D eigenvalue weighted by Gasteiger charge is -2.15. The Bertz CT molecular complexity index is 751. The van der Waals surface area contributed by atoms with Crippen LogP contribution in [0.3, 0.4) is 0 Å². The molecule has 1 aromatic heterocycles. The molecule has 6 nitrogen and oxygen atoms in total. The molecule has 0 aliphatic heterocycles. The van der Waals surface area contributed by atoms with Gasteiger partial charge in [-0.3, -0.25) is 4.68 Å². The quantitative estimate of drug-likeness (QED) is 0.767. The fourth-order valence-corrected chi connectivity index (χ4v) is 2.06. The number of hydrogen-bond acceptors (Lipinski definition) is 5. The summed E-state index contributed by atoms with van der Waals surface area (Å²) < 4.78 is 56.3. The molecule has 2 rings (SSSR count). The molecule has 0 aliphatic carbocycles. The summed E-state index contributed by atoms with van der Waals surface area (Å²) in [6.45, 7) is -1.48. The van der Waals surface area contributed by atoms with E-state index in [1.54, 1.807) is 12.1 Å². The molecule has 25 heavy (non-hydrogen) atoms. The molecule has 136 valence electrons. The van der Waals surface area contributed by atoms with E-state index in [2.05, 4.69) is 9.84 Å². The van der Waals surface area contributed by atoms with Gasteiger partial charge in [-0.25, -0.2) is 4.79 Å². The second kappa shape index (κ2) is 8.02. The van der Waals surface area contributed by atoms with Crippen LogP contribution in [0.4, 0.5) is 13.2 Å². The van der Waals surface area contributed by atoms with E-state index in [1.165, 1.54) is 24.4 Å². The van der Waals surface area contributed by atoms with Crippen LogP contribution >= 0.6 is 0 Å². The van der Waals surface area contributed by atoms with Crippen molar-refractivity contribution in [3.05, 3.63) is 47.8 Å². The maximum absolute atomic E-state index is 12.5. The molecular formula is C16H17F3N2O4. The Morgan fingerprint density at radius 2 is 2.12 bits per heavy atom. The predicted octanol–water partition coefficient (Wildman–Crippen LogP) is 2.10. The van der Waals surface area contributed by atoms with E-state index < -0.39 is 31.2 Å². The van der Waals surface area contributed by atoms with Gasteiger partial charge in [0.1, 0.15) is 18.9 Å². The number of methoxy groups -OCH3 is 1. The van der Waals surface area contributed by atoms with E-state index >= 15 is 0 Å². The molecule has 2 aromatic rings. The van der Waals surface area contributed by atoms with Gasteiger partial charge in [0.2, 0.25) is 0 Å². The zero-order valence-electron chi connectivity index (χ0n) is 14.2. The summed E-state index contributed by atoms with van der Waals surface area (Å²) in [5.41, 5.74) is 0.388. The molecule has 0 amide bonds. The van der Waals surface area contributed by atoms with Crippen molar-refractivity contribution < 1.29 is 33.9 Å². The molecule has 0 aliphatic rings. The molecule has 0 unspecified atom stereocenters. The summed E-state index contributed by atoms with van der Waals surface area (Å²) in [7, 11) is 1.09. The van der Waals surface area contributed by atoms with Gasteiger partial charge in [-0.05, 0) is 17.7 Å². The first-order valence-electron chi connectivity index (χ1n) is 7.78. The lowest BCUT2D eigenvalue weighted by atomic mass is 10.1. The Balaban J connectivity index is 2.15. The van der Waals surface area contributed by atoms with Crippen molar-refractivity contribution >= 4 is 5.97 Å². The number of alkyl halides is 3. The summed E-state index contributed by atoms with van der Waals surface area (Å²) in [6, 6.07) is 7.54. The molecule has 0 fully saturated rings. The molecular weight excluding hydrogens is 341 g/mol. The fraction of sp³-hybridized carbons (Fsp3) is 0.375. The maximum atomic E-state index is 12.5. The van der Waals surface area contributed by atoms with E-state index in [0.717, 1.165) is 11.8 Å². The Morgan fingerprint density at radius 1 is 1.40 bits per heavy atom. The molecule has 0 bridgehead atoms. The van der Waals surface area contributed by atoms with Gasteiger partial charge in [0.25, 0.3) is 0 Å². The Labute approximate surface area is 143 Å². The van der Waals surface area contributed by atoms with Gasteiger partial charge in [-0.2, -0.15) is 18.3 Å². The van der Waals surface area contributed by atoms with Crippen molar-refractivity contribution in [2.45, 2.75) is 31.8 Å². The van der Waals surface area contributed by atoms with Crippen LogP contribution in [0, 0.1) is 0 Å². The first-order chi connectivity index (χ1) is 12.2. The number of halogens is 3. The van der Waals surface area contributed by atoms with Crippen molar-refractivity contribution in [3.8, 4) is 5.75 Å². The van der Waals surface area contributed by atoms with Gasteiger partial charge in [-0.1, -0.05) is 18.2 Å². The SMILES string of the molecule is [2H][C@H](c1ccccc1OCc1ccnn1CC(F)(F)F)[C@@H](O)C(=O)OC. The van der Waals surface area contributed by atoms with Gasteiger partial charge < -0.3 is 14.6 Å². The van der Waals surface area contributed by atoms with Crippen LogP contribution in [0.25, 0.3) is 0 Å². The zero-order chi connectivity index (χ0) is 19.3. The topological polar surface area (TPSA) is 73.6 Å². The Kier molecular flexibility index (Phi) is 5.54. The van der Waals surface area contributed by atoms with Crippen molar-refractivity contribution in [1.82, 2.24) is 9.78 Å². The predicted molar refractivity (Wildman–Crippen MR) is 80.8 cm³/mol. The molecule has 0 saturated heterocycles. The van der Waals surface area contributed by atoms with Gasteiger partial charge in [0.15, 0.2) is 6.10 Å². The molecule has 1 aromatic carbocycles. The zero-order valence-corrected chi connectivity index (χ0v) is 13.2. The lowest BCUT2D eigenvalue weighted by molar-refractivity contribution is -0.150. The summed E-state index contributed by atoms with van der Waals surface area (Å²) in [4.78, 5) is 11.4. The minimum atomic E-state index is -4.42. The van der Waals surface area contributed by atoms with Gasteiger partial charge in [0.05, 0.1) is 12.8 Å². The summed E-state index contributed by atoms with van der Waals surface area (Å²) in [6.07, 6.45) is -6.29. The number of carbonyl (C=O) groups excluding carboxylic acids is 1. The Hall–Kier alpha value is -2.55. The Morgan fingerprint density at radius 3 is 2.80 bits per heavy atom. The number of rotatable bonds is 7. The number of nitrogens with zero attached hydrogens (tertiary/aromatic N) is 2. The molecule has 2 atom stereocenters. The van der Waals surface area contributed by atoms with E-state index in [4.69, 9.17) is 6.11 Å². The molecule has 1 heterocycles. The first kappa shape index (κ1) is 17.3. The third-order valence-electron chi connectivity index (χ3n) is 3.21. The molecule has 0 radical (unpaired) electrons. The van der Waals surface area contributed by atoms with Crippen molar-refractivity contribution in [1.29, 1.82) is 0 Å². The lowest BCUT2D eigenvalue weighted by Crippen LogP contribution is -2.24. The highest BCUT2D eigenvalue weighted by Gasteiger charge is 2.29. The average molecular weight is 359 g/mol. The highest BCUT2D eigenvalue weighted by atomic mass is 19.4. The van der Waals surface area contributed by atoms with Crippen LogP contribution in [0.15, 0.2) is 36.5 Å². The largest absolute Gasteiger partial charge is 0.487 e. The number of benzene rings is 1. The summed E-state index contributed by atoms with van der Waals surface area (Å²) >= 11 is 0. The van der Waals surface area contributed by atoms with E-state index in [9.17, 15) is 23.1 Å². The number of para-hydroxylation sites is 1. The second-order valence-corrected chi connectivity index (χ2v) is 5.06. The third kappa shape index (κ3) is 5.49. The number of aliphatic hydroxyl groups excluding tert-OH is 1. The number of ether oxygens (including phenoxy) is 2. The van der Waals surface area contributed by atoms with Crippen LogP contribution in [-0.2, 0) is 29.1 Å². The first-order valence-corrected chi connectivity index (χ1v) is 7.20. The van der Waals surface area contributed by atoms with Crippen molar-refractivity contribution in [3.63, 3.8) is 0 Å². The number of carbonyl (C=O) groups is 1. The minimum Gasteiger partial charge on any atom is -0.487 e. The van der Waals surface area contributed by atoms with Gasteiger partial charge in [0, 0.05) is 14.0 Å². The number of hydrogen-bond donors (Lipinski definition) is 1. The maximum Gasteiger partial charge on any atom is 0.408 e. The fourth-order valence-electron chi connectivity index (χ4n) is 2.06. The van der Waals surface area contributed by atoms with Crippen LogP contribution in [0.1, 0.15) is 12.6 Å². The average Bonchev–Trinajstić information content (AvgIpc) is 3.03. The molecule has 0 saturated carbocycles. The van der Waals surface area contributed by atoms with Crippen LogP contribution in [0.5, 0.6) is 5.75 Å². The summed E-state index contributed by atoms with van der Waals surface area (Å²) in [5.74, 6) is -0.807. The monoisotopic (exact) mass is 359 g/mol. The highest BCUT2D eigenvalue weighted by molar-refractivity contribution is 5.74. The van der Waals surface area contributed by atoms with Gasteiger partial charge >= 0.3 is 12.1 Å². The van der Waals surface area contributed by atoms with E-state index in [0.29, 0.717) is 0 Å². The van der Waals surface area contributed by atoms with Gasteiger partial charge in [-0.15, -0.1) is 0 Å². The number of aliphatic hydroxyl groups is 1. The molecule has 9 heteroatoms. The van der Waals surface area contributed by atoms with E-state index in [1.807, 2.05) is 0 Å². The van der Waals surface area contributed by atoms with Crippen molar-refractivity contribution in [2.24, 2.45) is 0 Å². The highest BCUT2D eigenvalue weighted by Crippen LogP contribution is 2.22. The normalized spacial score (nSPS) is 14.5. The van der Waals surface area contributed by atoms with Crippen LogP contribution in [-0.4, -0.2) is 40.2 Å². The minimum absolute atomic E-state index is 0.162. The number of aromatic nitrogens is 2. The number of esters is 1. The van der Waals surface area contributed by atoms with Crippen LogP contribution < -0.4 is 4.74 Å². The molecule has 1 N–H and O–H groups in total. The van der Waals surface area contributed by atoms with E-state index in [-0.39, 0.29) is 23.6 Å². The van der Waals surface area contributed by atoms with Crippen LogP contribution in [0.2, 0.25) is 0 Å².